The lowest BCUT2D eigenvalue weighted by molar-refractivity contribution is -0.122. The fourth-order valence-electron chi connectivity index (χ4n) is 3.46. The number of aryl methyl sites for hydroxylation is 3. The molecule has 8 heteroatoms. The molecule has 1 fully saturated rings. The predicted octanol–water partition coefficient (Wildman–Crippen LogP) is 2.07. The Labute approximate surface area is 147 Å². The third-order valence-corrected chi connectivity index (χ3v) is 4.77. The topological polar surface area (TPSA) is 89.1 Å². The number of anilines is 1. The van der Waals surface area contributed by atoms with Crippen molar-refractivity contribution >= 4 is 11.8 Å². The highest BCUT2D eigenvalue weighted by Crippen LogP contribution is 2.22. The molecular weight excluding hydrogens is 320 g/mol. The van der Waals surface area contributed by atoms with Crippen LogP contribution in [-0.2, 0) is 11.3 Å². The molecule has 2 atom stereocenters. The van der Waals surface area contributed by atoms with Gasteiger partial charge in [-0.2, -0.15) is 5.10 Å². The largest absolute Gasteiger partial charge is 0.338 e. The Morgan fingerprint density at radius 3 is 2.84 bits per heavy atom. The van der Waals surface area contributed by atoms with Crippen LogP contribution in [0.5, 0.6) is 0 Å². The zero-order chi connectivity index (χ0) is 18.0. The number of amides is 1. The van der Waals surface area contributed by atoms with Crippen molar-refractivity contribution in [2.45, 2.75) is 65.6 Å². The van der Waals surface area contributed by atoms with Crippen molar-refractivity contribution in [3.63, 3.8) is 0 Å². The Balaban J connectivity index is 1.68. The average Bonchev–Trinajstić information content (AvgIpc) is 3.12. The van der Waals surface area contributed by atoms with E-state index in [1.807, 2.05) is 32.4 Å². The lowest BCUT2D eigenvalue weighted by Gasteiger charge is -2.39. The van der Waals surface area contributed by atoms with Crippen molar-refractivity contribution in [1.29, 1.82) is 0 Å². The summed E-state index contributed by atoms with van der Waals surface area (Å²) in [6.07, 6.45) is 3.33. The van der Waals surface area contributed by atoms with E-state index >= 15 is 0 Å². The summed E-state index contributed by atoms with van der Waals surface area (Å²) in [5, 5.41) is 11.1. The number of rotatable bonds is 5. The minimum atomic E-state index is -0.249. The molecule has 1 N–H and O–H groups in total. The fraction of sp³-hybridized carbons (Fsp3) is 0.647. The van der Waals surface area contributed by atoms with Gasteiger partial charge in [0, 0.05) is 12.1 Å². The van der Waals surface area contributed by atoms with Gasteiger partial charge in [0.05, 0.1) is 18.3 Å². The van der Waals surface area contributed by atoms with E-state index in [0.717, 1.165) is 43.3 Å². The van der Waals surface area contributed by atoms with Crippen molar-refractivity contribution < 1.29 is 9.32 Å². The van der Waals surface area contributed by atoms with Crippen LogP contribution in [0.1, 0.15) is 43.5 Å². The van der Waals surface area contributed by atoms with Gasteiger partial charge in [0.15, 0.2) is 0 Å². The minimum Gasteiger partial charge on any atom is -0.338 e. The molecule has 0 aromatic carbocycles. The SMILES string of the molecule is Cc1cc(NC(=O)[C@H](C)N2CCCC[C@@H]2Cn2nc(C)nc2C)on1. The summed E-state index contributed by atoms with van der Waals surface area (Å²) in [5.74, 6) is 2.02. The zero-order valence-corrected chi connectivity index (χ0v) is 15.3. The summed E-state index contributed by atoms with van der Waals surface area (Å²) in [5.41, 5.74) is 0.746. The molecule has 2 aromatic rings. The van der Waals surface area contributed by atoms with Gasteiger partial charge in [-0.25, -0.2) is 9.67 Å². The van der Waals surface area contributed by atoms with Crippen LogP contribution in [0.2, 0.25) is 0 Å². The number of nitrogens with one attached hydrogen (secondary N) is 1. The van der Waals surface area contributed by atoms with Crippen LogP contribution < -0.4 is 5.32 Å². The molecule has 0 bridgehead atoms. The van der Waals surface area contributed by atoms with Gasteiger partial charge in [-0.15, -0.1) is 0 Å². The number of nitrogens with zero attached hydrogens (tertiary/aromatic N) is 5. The van der Waals surface area contributed by atoms with E-state index < -0.39 is 0 Å². The monoisotopic (exact) mass is 346 g/mol. The Morgan fingerprint density at radius 2 is 2.20 bits per heavy atom. The van der Waals surface area contributed by atoms with Crippen molar-refractivity contribution in [3.8, 4) is 0 Å². The quantitative estimate of drug-likeness (QED) is 0.891. The summed E-state index contributed by atoms with van der Waals surface area (Å²) >= 11 is 0. The molecule has 1 aliphatic rings. The van der Waals surface area contributed by atoms with E-state index in [9.17, 15) is 4.79 Å². The lowest BCUT2D eigenvalue weighted by atomic mass is 9.99. The van der Waals surface area contributed by atoms with Gasteiger partial charge in [0.2, 0.25) is 11.8 Å². The van der Waals surface area contributed by atoms with Crippen LogP contribution in [0.15, 0.2) is 10.6 Å². The summed E-state index contributed by atoms with van der Waals surface area (Å²) in [6, 6.07) is 1.74. The van der Waals surface area contributed by atoms with Crippen LogP contribution in [0.3, 0.4) is 0 Å². The van der Waals surface area contributed by atoms with Gasteiger partial charge < -0.3 is 4.52 Å². The second-order valence-corrected chi connectivity index (χ2v) is 6.77. The first-order chi connectivity index (χ1) is 11.9. The first-order valence-corrected chi connectivity index (χ1v) is 8.82. The number of hydrogen-bond donors (Lipinski definition) is 1. The lowest BCUT2D eigenvalue weighted by Crippen LogP contribution is -2.51. The molecular formula is C17H26N6O2. The maximum Gasteiger partial charge on any atom is 0.243 e. The van der Waals surface area contributed by atoms with Crippen molar-refractivity contribution in [1.82, 2.24) is 24.8 Å². The van der Waals surface area contributed by atoms with E-state index in [1.165, 1.54) is 6.42 Å². The normalized spacial score (nSPS) is 19.8. The Morgan fingerprint density at radius 1 is 1.40 bits per heavy atom. The second-order valence-electron chi connectivity index (χ2n) is 6.77. The third-order valence-electron chi connectivity index (χ3n) is 4.77. The van der Waals surface area contributed by atoms with Crippen molar-refractivity contribution in [2.75, 3.05) is 11.9 Å². The number of hydrogen-bond acceptors (Lipinski definition) is 6. The number of likely N-dealkylation sites (tertiary alicyclic amines) is 1. The molecule has 8 nitrogen and oxygen atoms in total. The maximum absolute atomic E-state index is 12.6. The van der Waals surface area contributed by atoms with E-state index in [0.29, 0.717) is 5.88 Å². The Bertz CT molecular complexity index is 737. The van der Waals surface area contributed by atoms with E-state index in [-0.39, 0.29) is 18.0 Å². The predicted molar refractivity (Wildman–Crippen MR) is 93.2 cm³/mol. The van der Waals surface area contributed by atoms with E-state index in [2.05, 4.69) is 25.5 Å². The molecule has 0 saturated carbocycles. The number of carbonyl (C=O) groups excluding carboxylic acids is 1. The number of aromatic nitrogens is 4. The molecule has 3 heterocycles. The van der Waals surface area contributed by atoms with Gasteiger partial charge in [-0.1, -0.05) is 11.6 Å². The molecule has 1 aliphatic heterocycles. The van der Waals surface area contributed by atoms with Gasteiger partial charge >= 0.3 is 0 Å². The number of carbonyl (C=O) groups is 1. The van der Waals surface area contributed by atoms with Gasteiger partial charge in [-0.05, 0) is 47.1 Å². The maximum atomic E-state index is 12.6. The van der Waals surface area contributed by atoms with Crippen molar-refractivity contribution in [2.24, 2.45) is 0 Å². The summed E-state index contributed by atoms with van der Waals surface area (Å²) in [6.45, 7) is 9.29. The average molecular weight is 346 g/mol. The van der Waals surface area contributed by atoms with Crippen LogP contribution in [0, 0.1) is 20.8 Å². The highest BCUT2D eigenvalue weighted by molar-refractivity contribution is 5.93. The molecule has 3 rings (SSSR count). The molecule has 25 heavy (non-hydrogen) atoms. The van der Waals surface area contributed by atoms with Crippen molar-refractivity contribution in [3.05, 3.63) is 23.4 Å². The van der Waals surface area contributed by atoms with Crippen LogP contribution in [-0.4, -0.2) is 49.4 Å². The summed E-state index contributed by atoms with van der Waals surface area (Å²) in [7, 11) is 0. The summed E-state index contributed by atoms with van der Waals surface area (Å²) in [4.78, 5) is 19.3. The van der Waals surface area contributed by atoms with Gasteiger partial charge in [0.25, 0.3) is 0 Å². The minimum absolute atomic E-state index is 0.0745. The van der Waals surface area contributed by atoms with Gasteiger partial charge in [0.1, 0.15) is 11.6 Å². The molecule has 136 valence electrons. The molecule has 0 unspecified atom stereocenters. The van der Waals surface area contributed by atoms with E-state index in [1.54, 1.807) is 6.07 Å². The van der Waals surface area contributed by atoms with Gasteiger partial charge in [-0.3, -0.25) is 15.0 Å². The first kappa shape index (κ1) is 17.6. The smallest absolute Gasteiger partial charge is 0.243 e. The third kappa shape index (κ3) is 4.07. The molecule has 0 aliphatic carbocycles. The Kier molecular flexibility index (Phi) is 5.17. The molecule has 0 radical (unpaired) electrons. The van der Waals surface area contributed by atoms with Crippen LogP contribution in [0.4, 0.5) is 5.88 Å². The molecule has 1 amide bonds. The Hall–Kier alpha value is -2.22. The highest BCUT2D eigenvalue weighted by atomic mass is 16.5. The van der Waals surface area contributed by atoms with Crippen LogP contribution in [0.25, 0.3) is 0 Å². The number of piperidine rings is 1. The summed E-state index contributed by atoms with van der Waals surface area (Å²) < 4.78 is 7.04. The van der Waals surface area contributed by atoms with E-state index in [4.69, 9.17) is 4.52 Å². The zero-order valence-electron chi connectivity index (χ0n) is 15.3. The van der Waals surface area contributed by atoms with Crippen LogP contribution >= 0.6 is 0 Å². The molecule has 0 spiro atoms. The second kappa shape index (κ2) is 7.35. The molecule has 1 saturated heterocycles. The fourth-order valence-corrected chi connectivity index (χ4v) is 3.46. The highest BCUT2D eigenvalue weighted by Gasteiger charge is 2.31. The molecule has 2 aromatic heterocycles. The standard InChI is InChI=1S/C17H26N6O2/c1-11-9-16(25-21-11)19-17(24)12(2)22-8-6-5-7-15(22)10-23-14(4)18-13(3)20-23/h9,12,15H,5-8,10H2,1-4H3,(H,19,24)/t12-,15+/m0/s1. The first-order valence-electron chi connectivity index (χ1n) is 8.82.